The summed E-state index contributed by atoms with van der Waals surface area (Å²) in [5.41, 5.74) is 7.99. The summed E-state index contributed by atoms with van der Waals surface area (Å²) in [5, 5.41) is 2.31. The van der Waals surface area contributed by atoms with Gasteiger partial charge in [0.1, 0.15) is 5.82 Å². The molecule has 0 amide bonds. The third kappa shape index (κ3) is 2.51. The number of benzene rings is 2. The molecule has 3 rings (SSSR count). The molecule has 0 aliphatic rings. The van der Waals surface area contributed by atoms with Crippen molar-refractivity contribution in [2.24, 2.45) is 0 Å². The van der Waals surface area contributed by atoms with Crippen LogP contribution < -0.4 is 5.73 Å². The third-order valence-corrected chi connectivity index (χ3v) is 4.29. The highest BCUT2D eigenvalue weighted by Gasteiger charge is 2.15. The maximum Gasteiger partial charge on any atom is 0.162 e. The average Bonchev–Trinajstić information content (AvgIpc) is 2.49. The number of anilines is 1. The van der Waals surface area contributed by atoms with Gasteiger partial charge in [-0.25, -0.2) is 9.97 Å². The second kappa shape index (κ2) is 5.45. The van der Waals surface area contributed by atoms with Crippen molar-refractivity contribution < 1.29 is 0 Å². The summed E-state index contributed by atoms with van der Waals surface area (Å²) in [6.45, 7) is 4.19. The van der Waals surface area contributed by atoms with E-state index in [1.807, 2.05) is 24.3 Å². The van der Waals surface area contributed by atoms with Crippen molar-refractivity contribution >= 4 is 32.5 Å². The summed E-state index contributed by atoms with van der Waals surface area (Å²) in [4.78, 5) is 9.17. The van der Waals surface area contributed by atoms with Crippen molar-refractivity contribution in [2.45, 2.75) is 19.8 Å². The van der Waals surface area contributed by atoms with Crippen molar-refractivity contribution in [2.75, 3.05) is 5.73 Å². The fraction of sp³-hybridized carbons (Fsp3) is 0.176. The van der Waals surface area contributed by atoms with Crippen LogP contribution in [-0.4, -0.2) is 9.97 Å². The molecule has 0 unspecified atom stereocenters. The van der Waals surface area contributed by atoms with Crippen LogP contribution in [0.25, 0.3) is 22.2 Å². The Morgan fingerprint density at radius 1 is 1.00 bits per heavy atom. The van der Waals surface area contributed by atoms with E-state index in [4.69, 9.17) is 10.7 Å². The van der Waals surface area contributed by atoms with E-state index in [1.165, 1.54) is 5.39 Å². The molecule has 0 aliphatic carbocycles. The molecule has 4 heteroatoms. The number of fused-ring (bicyclic) bond motifs is 1. The van der Waals surface area contributed by atoms with Crippen LogP contribution in [-0.2, 0) is 0 Å². The zero-order valence-corrected chi connectivity index (χ0v) is 13.6. The van der Waals surface area contributed by atoms with Crippen LogP contribution in [0.1, 0.15) is 25.5 Å². The van der Waals surface area contributed by atoms with E-state index >= 15 is 0 Å². The van der Waals surface area contributed by atoms with Crippen molar-refractivity contribution in [3.63, 3.8) is 0 Å². The molecule has 0 saturated heterocycles. The van der Waals surface area contributed by atoms with Crippen molar-refractivity contribution in [3.05, 3.63) is 52.6 Å². The number of rotatable bonds is 2. The minimum atomic E-state index is 0.276. The van der Waals surface area contributed by atoms with E-state index in [1.54, 1.807) is 0 Å². The van der Waals surface area contributed by atoms with Crippen LogP contribution in [0.5, 0.6) is 0 Å². The molecule has 0 bridgehead atoms. The third-order valence-electron chi connectivity index (χ3n) is 3.48. The van der Waals surface area contributed by atoms with Gasteiger partial charge >= 0.3 is 0 Å². The van der Waals surface area contributed by atoms with E-state index in [0.717, 1.165) is 21.1 Å². The van der Waals surface area contributed by atoms with E-state index in [0.29, 0.717) is 11.6 Å². The molecule has 0 radical (unpaired) electrons. The van der Waals surface area contributed by atoms with E-state index in [2.05, 4.69) is 53.0 Å². The van der Waals surface area contributed by atoms with Crippen LogP contribution in [0.2, 0.25) is 0 Å². The fourth-order valence-corrected chi connectivity index (χ4v) is 3.04. The maximum atomic E-state index is 6.04. The molecule has 0 aliphatic heterocycles. The van der Waals surface area contributed by atoms with Crippen molar-refractivity contribution in [1.29, 1.82) is 0 Å². The summed E-state index contributed by atoms with van der Waals surface area (Å²) in [5.74, 6) is 1.44. The van der Waals surface area contributed by atoms with Gasteiger partial charge in [0.2, 0.25) is 0 Å². The Hall–Kier alpha value is -1.94. The van der Waals surface area contributed by atoms with E-state index < -0.39 is 0 Å². The normalized spacial score (nSPS) is 11.2. The lowest BCUT2D eigenvalue weighted by atomic mass is 10.0. The summed E-state index contributed by atoms with van der Waals surface area (Å²) in [6.07, 6.45) is 0. The molecular formula is C17H16BrN3. The summed E-state index contributed by atoms with van der Waals surface area (Å²) >= 11 is 3.49. The standard InChI is InChI=1S/C17H16BrN3/c1-10(2)15-14(18)16(19)21-17(20-15)13-9-5-7-11-6-3-4-8-12(11)13/h3-10H,1-2H3,(H2,19,20,21). The lowest BCUT2D eigenvalue weighted by molar-refractivity contribution is 0.811. The number of halogens is 1. The fourth-order valence-electron chi connectivity index (χ4n) is 2.41. The molecule has 2 N–H and O–H groups in total. The number of nitrogens with two attached hydrogens (primary N) is 1. The van der Waals surface area contributed by atoms with Crippen LogP contribution >= 0.6 is 15.9 Å². The zero-order valence-electron chi connectivity index (χ0n) is 12.0. The lowest BCUT2D eigenvalue weighted by Crippen LogP contribution is -2.04. The predicted octanol–water partition coefficient (Wildman–Crippen LogP) is 4.76. The molecule has 2 aromatic carbocycles. The Morgan fingerprint density at radius 2 is 1.71 bits per heavy atom. The first-order valence-electron chi connectivity index (χ1n) is 6.89. The Bertz CT molecular complexity index is 807. The minimum absolute atomic E-state index is 0.276. The van der Waals surface area contributed by atoms with Gasteiger partial charge in [0.05, 0.1) is 10.2 Å². The number of nitrogens with zero attached hydrogens (tertiary/aromatic N) is 2. The molecule has 1 heterocycles. The van der Waals surface area contributed by atoms with Crippen LogP contribution in [0.3, 0.4) is 0 Å². The summed E-state index contributed by atoms with van der Waals surface area (Å²) < 4.78 is 0.793. The summed E-state index contributed by atoms with van der Waals surface area (Å²) in [6, 6.07) is 14.4. The topological polar surface area (TPSA) is 51.8 Å². The molecule has 1 aromatic heterocycles. The smallest absolute Gasteiger partial charge is 0.162 e. The molecule has 0 fully saturated rings. The van der Waals surface area contributed by atoms with E-state index in [-0.39, 0.29) is 5.92 Å². The number of aromatic nitrogens is 2. The number of hydrogen-bond donors (Lipinski definition) is 1. The SMILES string of the molecule is CC(C)c1nc(-c2cccc3ccccc23)nc(N)c1Br. The van der Waals surface area contributed by atoms with Crippen molar-refractivity contribution in [1.82, 2.24) is 9.97 Å². The molecule has 3 aromatic rings. The molecular weight excluding hydrogens is 326 g/mol. The average molecular weight is 342 g/mol. The van der Waals surface area contributed by atoms with Gasteiger partial charge < -0.3 is 5.73 Å². The molecule has 0 saturated carbocycles. The van der Waals surface area contributed by atoms with Gasteiger partial charge in [-0.3, -0.25) is 0 Å². The monoisotopic (exact) mass is 341 g/mol. The molecule has 0 spiro atoms. The number of nitrogen functional groups attached to an aromatic ring is 1. The highest BCUT2D eigenvalue weighted by molar-refractivity contribution is 9.10. The molecule has 0 atom stereocenters. The lowest BCUT2D eigenvalue weighted by Gasteiger charge is -2.12. The first-order chi connectivity index (χ1) is 10.1. The largest absolute Gasteiger partial charge is 0.383 e. The van der Waals surface area contributed by atoms with Gasteiger partial charge in [-0.15, -0.1) is 0 Å². The minimum Gasteiger partial charge on any atom is -0.383 e. The Balaban J connectivity index is 2.28. The van der Waals surface area contributed by atoms with Gasteiger partial charge in [-0.2, -0.15) is 0 Å². The van der Waals surface area contributed by atoms with Crippen LogP contribution in [0.4, 0.5) is 5.82 Å². The van der Waals surface area contributed by atoms with Crippen LogP contribution in [0, 0.1) is 0 Å². The molecule has 106 valence electrons. The first kappa shape index (κ1) is 14.0. The first-order valence-corrected chi connectivity index (χ1v) is 7.68. The highest BCUT2D eigenvalue weighted by Crippen LogP contribution is 2.32. The molecule has 21 heavy (non-hydrogen) atoms. The van der Waals surface area contributed by atoms with Gasteiger partial charge in [-0.05, 0) is 32.6 Å². The van der Waals surface area contributed by atoms with Gasteiger partial charge in [0.15, 0.2) is 5.82 Å². The summed E-state index contributed by atoms with van der Waals surface area (Å²) in [7, 11) is 0. The highest BCUT2D eigenvalue weighted by atomic mass is 79.9. The van der Waals surface area contributed by atoms with Crippen molar-refractivity contribution in [3.8, 4) is 11.4 Å². The van der Waals surface area contributed by atoms with Crippen LogP contribution in [0.15, 0.2) is 46.9 Å². The second-order valence-corrected chi connectivity index (χ2v) is 6.11. The number of hydrogen-bond acceptors (Lipinski definition) is 3. The van der Waals surface area contributed by atoms with Gasteiger partial charge in [0, 0.05) is 5.56 Å². The predicted molar refractivity (Wildman–Crippen MR) is 91.2 cm³/mol. The second-order valence-electron chi connectivity index (χ2n) is 5.31. The van der Waals surface area contributed by atoms with Gasteiger partial charge in [-0.1, -0.05) is 56.3 Å². The van der Waals surface area contributed by atoms with Gasteiger partial charge in [0.25, 0.3) is 0 Å². The quantitative estimate of drug-likeness (QED) is 0.730. The maximum absolute atomic E-state index is 6.04. The Morgan fingerprint density at radius 3 is 2.48 bits per heavy atom. The Labute approximate surface area is 132 Å². The zero-order chi connectivity index (χ0) is 15.0. The molecule has 3 nitrogen and oxygen atoms in total. The van der Waals surface area contributed by atoms with E-state index in [9.17, 15) is 0 Å². The Kier molecular flexibility index (Phi) is 3.64.